The van der Waals surface area contributed by atoms with Crippen LogP contribution in [0.2, 0.25) is 0 Å². The summed E-state index contributed by atoms with van der Waals surface area (Å²) in [6.45, 7) is 0.836. The highest BCUT2D eigenvalue weighted by Gasteiger charge is 2.49. The number of methoxy groups -OCH3 is 2. The highest BCUT2D eigenvalue weighted by Crippen LogP contribution is 2.45. The van der Waals surface area contributed by atoms with Crippen LogP contribution in [0.15, 0.2) is 18.2 Å². The molecule has 3 fully saturated rings. The molecule has 0 spiro atoms. The number of amides is 1. The molecule has 0 radical (unpaired) electrons. The Hall–Kier alpha value is -1.75. The van der Waals surface area contributed by atoms with E-state index in [1.807, 2.05) is 18.2 Å². The SMILES string of the molecule is COc1ccc(C2(C(=O)N[C@H]3C[C@@H]4OCC[C@H]34)CCCC2)cc1OC. The lowest BCUT2D eigenvalue weighted by Crippen LogP contribution is -2.57. The predicted octanol–water partition coefficient (Wildman–Crippen LogP) is 2.81. The van der Waals surface area contributed by atoms with Gasteiger partial charge in [-0.2, -0.15) is 0 Å². The van der Waals surface area contributed by atoms with E-state index in [1.165, 1.54) is 0 Å². The van der Waals surface area contributed by atoms with Gasteiger partial charge in [0.25, 0.3) is 0 Å². The molecule has 1 aromatic carbocycles. The van der Waals surface area contributed by atoms with Crippen LogP contribution in [0, 0.1) is 5.92 Å². The molecule has 0 bridgehead atoms. The third-order valence-electron chi connectivity index (χ3n) is 6.41. The van der Waals surface area contributed by atoms with Gasteiger partial charge in [-0.25, -0.2) is 0 Å². The van der Waals surface area contributed by atoms with E-state index in [0.717, 1.165) is 50.7 Å². The van der Waals surface area contributed by atoms with Gasteiger partial charge < -0.3 is 19.5 Å². The lowest BCUT2D eigenvalue weighted by molar-refractivity contribution is -0.129. The Morgan fingerprint density at radius 2 is 1.96 bits per heavy atom. The molecule has 1 heterocycles. The fourth-order valence-corrected chi connectivity index (χ4v) is 4.83. The predicted molar refractivity (Wildman–Crippen MR) is 94.1 cm³/mol. The van der Waals surface area contributed by atoms with Crippen molar-refractivity contribution in [1.29, 1.82) is 0 Å². The van der Waals surface area contributed by atoms with Crippen LogP contribution in [0.3, 0.4) is 0 Å². The van der Waals surface area contributed by atoms with E-state index in [4.69, 9.17) is 14.2 Å². The summed E-state index contributed by atoms with van der Waals surface area (Å²) in [4.78, 5) is 13.3. The van der Waals surface area contributed by atoms with Crippen LogP contribution < -0.4 is 14.8 Å². The fraction of sp³-hybridized carbons (Fsp3) is 0.650. The molecular weight excluding hydrogens is 318 g/mol. The Bertz CT molecular complexity index is 653. The zero-order chi connectivity index (χ0) is 17.4. The first kappa shape index (κ1) is 16.7. The lowest BCUT2D eigenvalue weighted by atomic mass is 9.73. The van der Waals surface area contributed by atoms with E-state index in [1.54, 1.807) is 14.2 Å². The highest BCUT2D eigenvalue weighted by atomic mass is 16.5. The number of rotatable bonds is 5. The molecule has 4 rings (SSSR count). The van der Waals surface area contributed by atoms with Crippen LogP contribution >= 0.6 is 0 Å². The Morgan fingerprint density at radius 1 is 1.20 bits per heavy atom. The first-order valence-electron chi connectivity index (χ1n) is 9.33. The van der Waals surface area contributed by atoms with Gasteiger partial charge in [0.05, 0.1) is 25.7 Å². The average molecular weight is 345 g/mol. The Balaban J connectivity index is 1.58. The zero-order valence-electron chi connectivity index (χ0n) is 15.0. The molecule has 1 saturated heterocycles. The molecule has 5 nitrogen and oxygen atoms in total. The Kier molecular flexibility index (Phi) is 4.36. The largest absolute Gasteiger partial charge is 0.493 e. The molecule has 136 valence electrons. The summed E-state index contributed by atoms with van der Waals surface area (Å²) >= 11 is 0. The second-order valence-electron chi connectivity index (χ2n) is 7.54. The van der Waals surface area contributed by atoms with Crippen LogP contribution in [0.4, 0.5) is 0 Å². The van der Waals surface area contributed by atoms with Crippen molar-refractivity contribution in [3.8, 4) is 11.5 Å². The molecule has 1 N–H and O–H groups in total. The lowest BCUT2D eigenvalue weighted by Gasteiger charge is -2.41. The van der Waals surface area contributed by atoms with Crippen LogP contribution in [-0.2, 0) is 14.9 Å². The second kappa shape index (κ2) is 6.52. The molecule has 25 heavy (non-hydrogen) atoms. The minimum atomic E-state index is -0.440. The van der Waals surface area contributed by atoms with Crippen molar-refractivity contribution in [2.45, 2.75) is 56.1 Å². The maximum Gasteiger partial charge on any atom is 0.230 e. The number of hydrogen-bond acceptors (Lipinski definition) is 4. The van der Waals surface area contributed by atoms with E-state index in [9.17, 15) is 4.79 Å². The fourth-order valence-electron chi connectivity index (χ4n) is 4.83. The van der Waals surface area contributed by atoms with Crippen molar-refractivity contribution in [2.24, 2.45) is 5.92 Å². The molecule has 1 aliphatic heterocycles. The number of nitrogens with one attached hydrogen (secondary N) is 1. The number of fused-ring (bicyclic) bond motifs is 1. The second-order valence-corrected chi connectivity index (χ2v) is 7.54. The van der Waals surface area contributed by atoms with Crippen LogP contribution in [-0.4, -0.2) is 38.9 Å². The van der Waals surface area contributed by atoms with Gasteiger partial charge in [0.2, 0.25) is 5.91 Å². The topological polar surface area (TPSA) is 56.8 Å². The van der Waals surface area contributed by atoms with E-state index >= 15 is 0 Å². The number of carbonyl (C=O) groups excluding carboxylic acids is 1. The van der Waals surface area contributed by atoms with Gasteiger partial charge in [0, 0.05) is 18.6 Å². The van der Waals surface area contributed by atoms with E-state index in [-0.39, 0.29) is 11.9 Å². The number of benzene rings is 1. The van der Waals surface area contributed by atoms with Crippen molar-refractivity contribution < 1.29 is 19.0 Å². The van der Waals surface area contributed by atoms with Crippen molar-refractivity contribution in [3.05, 3.63) is 23.8 Å². The zero-order valence-corrected chi connectivity index (χ0v) is 15.0. The molecule has 3 atom stereocenters. The number of carbonyl (C=O) groups is 1. The standard InChI is InChI=1S/C20H27NO4/c1-23-16-6-5-13(11-18(16)24-2)20(8-3-4-9-20)19(22)21-15-12-17-14(15)7-10-25-17/h5-6,11,14-15,17H,3-4,7-10,12H2,1-2H3,(H,21,22)/t14-,15+,17+/m1/s1. The van der Waals surface area contributed by atoms with Crippen LogP contribution in [0.5, 0.6) is 11.5 Å². The first-order chi connectivity index (χ1) is 12.2. The molecule has 3 aliphatic rings. The van der Waals surface area contributed by atoms with E-state index in [0.29, 0.717) is 23.5 Å². The van der Waals surface area contributed by atoms with Gasteiger partial charge in [-0.15, -0.1) is 0 Å². The third-order valence-corrected chi connectivity index (χ3v) is 6.41. The molecule has 1 amide bonds. The smallest absolute Gasteiger partial charge is 0.230 e. The maximum atomic E-state index is 13.3. The van der Waals surface area contributed by atoms with Gasteiger partial charge in [-0.1, -0.05) is 18.9 Å². The number of hydrogen-bond donors (Lipinski definition) is 1. The summed E-state index contributed by atoms with van der Waals surface area (Å²) in [6, 6.07) is 6.18. The summed E-state index contributed by atoms with van der Waals surface area (Å²) < 4.78 is 16.5. The Morgan fingerprint density at radius 3 is 2.64 bits per heavy atom. The van der Waals surface area contributed by atoms with Gasteiger partial charge in [0.1, 0.15) is 0 Å². The molecule has 1 aromatic rings. The summed E-state index contributed by atoms with van der Waals surface area (Å²) in [5.74, 6) is 2.07. The van der Waals surface area contributed by atoms with Gasteiger partial charge in [-0.05, 0) is 43.4 Å². The van der Waals surface area contributed by atoms with Crippen LogP contribution in [0.1, 0.15) is 44.1 Å². The number of ether oxygens (including phenoxy) is 3. The van der Waals surface area contributed by atoms with Gasteiger partial charge in [0.15, 0.2) is 11.5 Å². The highest BCUT2D eigenvalue weighted by molar-refractivity contribution is 5.89. The van der Waals surface area contributed by atoms with Crippen molar-refractivity contribution >= 4 is 5.91 Å². The molecular formula is C20H27NO4. The monoisotopic (exact) mass is 345 g/mol. The summed E-state index contributed by atoms with van der Waals surface area (Å²) in [5, 5.41) is 3.34. The van der Waals surface area contributed by atoms with Crippen LogP contribution in [0.25, 0.3) is 0 Å². The van der Waals surface area contributed by atoms with Gasteiger partial charge in [-0.3, -0.25) is 4.79 Å². The molecule has 0 unspecified atom stereocenters. The van der Waals surface area contributed by atoms with Crippen molar-refractivity contribution in [3.63, 3.8) is 0 Å². The normalized spacial score (nSPS) is 29.6. The first-order valence-corrected chi connectivity index (χ1v) is 9.33. The molecule has 5 heteroatoms. The third kappa shape index (κ3) is 2.69. The van der Waals surface area contributed by atoms with E-state index in [2.05, 4.69) is 5.32 Å². The Labute approximate surface area is 149 Å². The van der Waals surface area contributed by atoms with Gasteiger partial charge >= 0.3 is 0 Å². The molecule has 2 aliphatic carbocycles. The summed E-state index contributed by atoms with van der Waals surface area (Å²) in [7, 11) is 3.27. The quantitative estimate of drug-likeness (QED) is 0.892. The molecule has 2 saturated carbocycles. The summed E-state index contributed by atoms with van der Waals surface area (Å²) in [6.07, 6.45) is 6.35. The van der Waals surface area contributed by atoms with E-state index < -0.39 is 5.41 Å². The van der Waals surface area contributed by atoms with Crippen molar-refractivity contribution in [2.75, 3.05) is 20.8 Å². The minimum Gasteiger partial charge on any atom is -0.493 e. The minimum absolute atomic E-state index is 0.174. The van der Waals surface area contributed by atoms with Crippen molar-refractivity contribution in [1.82, 2.24) is 5.32 Å². The average Bonchev–Trinajstić information content (AvgIpc) is 3.26. The molecule has 0 aromatic heterocycles. The summed E-state index contributed by atoms with van der Waals surface area (Å²) in [5.41, 5.74) is 0.600. The maximum absolute atomic E-state index is 13.3.